The second kappa shape index (κ2) is 11.6. The molecule has 1 unspecified atom stereocenters. The summed E-state index contributed by atoms with van der Waals surface area (Å²) in [6, 6.07) is 17.1. The third-order valence-corrected chi connectivity index (χ3v) is 7.13. The topological polar surface area (TPSA) is 110 Å². The van der Waals surface area contributed by atoms with E-state index in [4.69, 9.17) is 10.5 Å². The highest BCUT2D eigenvalue weighted by Crippen LogP contribution is 2.34. The molecule has 196 valence electrons. The number of nitrogens with zero attached hydrogens (tertiary/aromatic N) is 2. The zero-order valence-electron chi connectivity index (χ0n) is 21.8. The normalized spacial score (nSPS) is 15.6. The number of H-pyrrole nitrogens is 1. The van der Waals surface area contributed by atoms with Gasteiger partial charge in [0.15, 0.2) is 0 Å². The van der Waals surface area contributed by atoms with Gasteiger partial charge in [-0.2, -0.15) is 0 Å². The summed E-state index contributed by atoms with van der Waals surface area (Å²) in [5, 5.41) is 0. The zero-order chi connectivity index (χ0) is 26.5. The van der Waals surface area contributed by atoms with Gasteiger partial charge in [0.05, 0.1) is 24.3 Å². The maximum absolute atomic E-state index is 13.2. The Bertz CT molecular complexity index is 1320. The average Bonchev–Trinajstić information content (AvgIpc) is 2.90. The van der Waals surface area contributed by atoms with Gasteiger partial charge in [0.1, 0.15) is 5.82 Å². The maximum atomic E-state index is 13.2. The molecule has 2 heterocycles. The molecule has 1 atom stereocenters. The van der Waals surface area contributed by atoms with Crippen molar-refractivity contribution in [3.63, 3.8) is 0 Å². The number of aromatic nitrogens is 2. The fraction of sp³-hybridized carbons (Fsp3) is 0.414. The van der Waals surface area contributed by atoms with Gasteiger partial charge < -0.3 is 10.5 Å². The number of methoxy groups -OCH3 is 1. The highest BCUT2D eigenvalue weighted by molar-refractivity contribution is 5.89. The van der Waals surface area contributed by atoms with E-state index in [0.29, 0.717) is 23.6 Å². The molecule has 37 heavy (non-hydrogen) atoms. The largest absolute Gasteiger partial charge is 0.465 e. The number of aromatic amines is 1. The molecule has 2 aromatic carbocycles. The molecule has 3 aromatic rings. The van der Waals surface area contributed by atoms with Gasteiger partial charge in [-0.05, 0) is 67.4 Å². The number of ether oxygens (including phenoxy) is 1. The summed E-state index contributed by atoms with van der Waals surface area (Å²) in [6.45, 7) is 5.96. The molecule has 1 fully saturated rings. The van der Waals surface area contributed by atoms with Crippen LogP contribution in [0.4, 0.5) is 5.82 Å². The highest BCUT2D eigenvalue weighted by Gasteiger charge is 2.32. The van der Waals surface area contributed by atoms with E-state index in [1.54, 1.807) is 12.1 Å². The minimum Gasteiger partial charge on any atom is -0.465 e. The fourth-order valence-corrected chi connectivity index (χ4v) is 5.26. The van der Waals surface area contributed by atoms with Gasteiger partial charge in [-0.3, -0.25) is 19.2 Å². The molecular weight excluding hydrogens is 468 g/mol. The van der Waals surface area contributed by atoms with Crippen molar-refractivity contribution in [3.8, 4) is 0 Å². The number of nitrogens with one attached hydrogen (secondary N) is 1. The van der Waals surface area contributed by atoms with Crippen LogP contribution in [0.25, 0.3) is 0 Å². The second-order valence-corrected chi connectivity index (χ2v) is 10.2. The second-order valence-electron chi connectivity index (χ2n) is 10.2. The van der Waals surface area contributed by atoms with Gasteiger partial charge in [0.25, 0.3) is 5.56 Å². The van der Waals surface area contributed by atoms with E-state index in [1.165, 1.54) is 17.2 Å². The Labute approximate surface area is 217 Å². The van der Waals surface area contributed by atoms with Crippen molar-refractivity contribution in [2.75, 3.05) is 25.9 Å². The first-order valence-corrected chi connectivity index (χ1v) is 12.9. The highest BCUT2D eigenvalue weighted by atomic mass is 16.5. The smallest absolute Gasteiger partial charge is 0.337 e. The van der Waals surface area contributed by atoms with Crippen molar-refractivity contribution >= 4 is 11.8 Å². The Morgan fingerprint density at radius 3 is 2.30 bits per heavy atom. The summed E-state index contributed by atoms with van der Waals surface area (Å²) in [7, 11) is 1.34. The minimum atomic E-state index is -0.499. The van der Waals surface area contributed by atoms with E-state index in [2.05, 4.69) is 34.1 Å². The molecule has 0 bridgehead atoms. The predicted octanol–water partition coefficient (Wildman–Crippen LogP) is 3.61. The molecule has 1 aliphatic rings. The van der Waals surface area contributed by atoms with Crippen LogP contribution < -0.4 is 17.0 Å². The van der Waals surface area contributed by atoms with Crippen molar-refractivity contribution in [1.82, 2.24) is 14.5 Å². The number of piperidine rings is 1. The van der Waals surface area contributed by atoms with Crippen LogP contribution >= 0.6 is 0 Å². The molecular formula is C29H36N4O4. The molecule has 0 spiro atoms. The molecule has 8 nitrogen and oxygen atoms in total. The lowest BCUT2D eigenvalue weighted by Gasteiger charge is -2.38. The van der Waals surface area contributed by atoms with E-state index in [1.807, 2.05) is 32.0 Å². The molecule has 8 heteroatoms. The lowest BCUT2D eigenvalue weighted by molar-refractivity contribution is 0.0600. The zero-order valence-corrected chi connectivity index (χ0v) is 21.8. The van der Waals surface area contributed by atoms with Crippen LogP contribution in [-0.4, -0.2) is 40.6 Å². The number of hydrogen-bond donors (Lipinski definition) is 2. The molecule has 1 aliphatic heterocycles. The van der Waals surface area contributed by atoms with Gasteiger partial charge in [0.2, 0.25) is 0 Å². The monoisotopic (exact) mass is 504 g/mol. The fourth-order valence-electron chi connectivity index (χ4n) is 5.26. The third-order valence-electron chi connectivity index (χ3n) is 7.13. The quantitative estimate of drug-likeness (QED) is 0.454. The number of carbonyl (C=O) groups is 1. The number of benzene rings is 2. The Balaban J connectivity index is 1.70. The number of likely N-dealkylation sites (tertiary alicyclic amines) is 1. The average molecular weight is 505 g/mol. The molecule has 0 aliphatic carbocycles. The van der Waals surface area contributed by atoms with Crippen molar-refractivity contribution in [2.45, 2.75) is 45.7 Å². The SMILES string of the molecule is COC(=O)c1ccc(C(c2c(N)n(CC(C)C)c(=O)[nH]c2=O)N2CCC(Cc3ccccc3)CC2)cc1. The van der Waals surface area contributed by atoms with Crippen LogP contribution in [0.2, 0.25) is 0 Å². The maximum Gasteiger partial charge on any atom is 0.337 e. The number of anilines is 1. The van der Waals surface area contributed by atoms with Gasteiger partial charge in [0, 0.05) is 6.54 Å². The van der Waals surface area contributed by atoms with Crippen LogP contribution in [0.15, 0.2) is 64.2 Å². The van der Waals surface area contributed by atoms with Crippen molar-refractivity contribution in [2.24, 2.45) is 11.8 Å². The first-order valence-electron chi connectivity index (χ1n) is 12.9. The van der Waals surface area contributed by atoms with E-state index >= 15 is 0 Å². The van der Waals surface area contributed by atoms with Crippen molar-refractivity contribution in [3.05, 3.63) is 97.7 Å². The number of hydrogen-bond acceptors (Lipinski definition) is 6. The van der Waals surface area contributed by atoms with E-state index in [0.717, 1.165) is 37.9 Å². The number of nitrogens with two attached hydrogens (primary N) is 1. The predicted molar refractivity (Wildman–Crippen MR) is 145 cm³/mol. The molecule has 0 radical (unpaired) electrons. The molecule has 1 aromatic heterocycles. The Morgan fingerprint density at radius 1 is 1.05 bits per heavy atom. The molecule has 3 N–H and O–H groups in total. The summed E-state index contributed by atoms with van der Waals surface area (Å²) >= 11 is 0. The number of nitrogen functional groups attached to an aromatic ring is 1. The van der Waals surface area contributed by atoms with Gasteiger partial charge >= 0.3 is 11.7 Å². The van der Waals surface area contributed by atoms with Crippen LogP contribution in [0.1, 0.15) is 59.8 Å². The van der Waals surface area contributed by atoms with Crippen LogP contribution in [0.5, 0.6) is 0 Å². The summed E-state index contributed by atoms with van der Waals surface area (Å²) in [5.74, 6) is 0.486. The van der Waals surface area contributed by atoms with Gasteiger partial charge in [-0.15, -0.1) is 0 Å². The Kier molecular flexibility index (Phi) is 8.28. The first-order chi connectivity index (χ1) is 17.8. The first kappa shape index (κ1) is 26.4. The standard InChI is InChI=1S/C29H36N4O4/c1-19(2)18-33-26(30)24(27(34)31-29(33)36)25(22-9-11-23(12-10-22)28(35)37-3)32-15-13-21(14-16-32)17-20-7-5-4-6-8-20/h4-12,19,21,25H,13-18,30H2,1-3H3,(H,31,34,36). The minimum absolute atomic E-state index is 0.172. The van der Waals surface area contributed by atoms with Gasteiger partial charge in [-0.1, -0.05) is 56.3 Å². The summed E-state index contributed by atoms with van der Waals surface area (Å²) < 4.78 is 6.30. The molecule has 1 saturated heterocycles. The number of esters is 1. The molecule has 0 saturated carbocycles. The number of carbonyl (C=O) groups excluding carboxylic acids is 1. The van der Waals surface area contributed by atoms with Gasteiger partial charge in [-0.25, -0.2) is 9.59 Å². The van der Waals surface area contributed by atoms with Crippen LogP contribution in [-0.2, 0) is 17.7 Å². The molecule has 4 rings (SSSR count). The van der Waals surface area contributed by atoms with Crippen LogP contribution in [0, 0.1) is 11.8 Å². The summed E-state index contributed by atoms with van der Waals surface area (Å²) in [6.07, 6.45) is 2.99. The van der Waals surface area contributed by atoms with Crippen LogP contribution in [0.3, 0.4) is 0 Å². The number of rotatable bonds is 8. The summed E-state index contributed by atoms with van der Waals surface area (Å²) in [5.41, 5.74) is 8.54. The van der Waals surface area contributed by atoms with E-state index < -0.39 is 23.3 Å². The lowest BCUT2D eigenvalue weighted by atomic mass is 9.87. The van der Waals surface area contributed by atoms with E-state index in [-0.39, 0.29) is 11.7 Å². The van der Waals surface area contributed by atoms with E-state index in [9.17, 15) is 14.4 Å². The molecule has 0 amide bonds. The van der Waals surface area contributed by atoms with Crippen molar-refractivity contribution in [1.29, 1.82) is 0 Å². The Morgan fingerprint density at radius 2 is 1.70 bits per heavy atom. The Hall–Kier alpha value is -3.65. The summed E-state index contributed by atoms with van der Waals surface area (Å²) in [4.78, 5) is 42.6. The van der Waals surface area contributed by atoms with Crippen molar-refractivity contribution < 1.29 is 9.53 Å². The lowest BCUT2D eigenvalue weighted by Crippen LogP contribution is -2.43. The third kappa shape index (κ3) is 6.02.